The third kappa shape index (κ3) is 1.96. The Bertz CT molecular complexity index is 406. The van der Waals surface area contributed by atoms with Gasteiger partial charge in [-0.15, -0.1) is 0 Å². The lowest BCUT2D eigenvalue weighted by Gasteiger charge is -2.19. The second kappa shape index (κ2) is 4.09. The Morgan fingerprint density at radius 2 is 2.00 bits per heavy atom. The van der Waals surface area contributed by atoms with Crippen molar-refractivity contribution in [1.29, 1.82) is 5.26 Å². The van der Waals surface area contributed by atoms with Gasteiger partial charge in [0.1, 0.15) is 0 Å². The first-order valence-corrected chi connectivity index (χ1v) is 4.69. The number of hydrogen-bond acceptors (Lipinski definition) is 3. The molecule has 0 radical (unpaired) electrons. The Hall–Kier alpha value is -1.89. The van der Waals surface area contributed by atoms with E-state index in [0.717, 1.165) is 0 Å². The average Bonchev–Trinajstić information content (AvgIpc) is 2.28. The summed E-state index contributed by atoms with van der Waals surface area (Å²) in [6.07, 6.45) is 0.423. The highest BCUT2D eigenvalue weighted by Gasteiger charge is 2.36. The van der Waals surface area contributed by atoms with E-state index in [9.17, 15) is 10.1 Å². The largest absolute Gasteiger partial charge is 0.264 e. The van der Waals surface area contributed by atoms with E-state index in [2.05, 4.69) is 0 Å². The van der Waals surface area contributed by atoms with E-state index < -0.39 is 5.54 Å². The number of rotatable bonds is 3. The van der Waals surface area contributed by atoms with Gasteiger partial charge in [-0.3, -0.25) is 10.1 Å². The third-order valence-corrected chi connectivity index (χ3v) is 2.73. The predicted octanol–water partition coefficient (Wildman–Crippen LogP) is 2.46. The predicted molar refractivity (Wildman–Crippen MR) is 55.8 cm³/mol. The SMILES string of the molecule is CC[C@](C)(c1ccc(C#N)cc1)[N+](=O)[O-]. The molecule has 1 rings (SSSR count). The Morgan fingerprint density at radius 1 is 1.47 bits per heavy atom. The van der Waals surface area contributed by atoms with Crippen molar-refractivity contribution < 1.29 is 4.92 Å². The fraction of sp³-hybridized carbons (Fsp3) is 0.364. The van der Waals surface area contributed by atoms with E-state index in [0.29, 0.717) is 17.5 Å². The minimum absolute atomic E-state index is 0.283. The molecule has 15 heavy (non-hydrogen) atoms. The van der Waals surface area contributed by atoms with Crippen molar-refractivity contribution in [3.8, 4) is 6.07 Å². The molecular weight excluding hydrogens is 192 g/mol. The first-order valence-electron chi connectivity index (χ1n) is 4.69. The van der Waals surface area contributed by atoms with Gasteiger partial charge in [-0.1, -0.05) is 19.1 Å². The molecular formula is C11H12N2O2. The average molecular weight is 204 g/mol. The van der Waals surface area contributed by atoms with Crippen LogP contribution in [-0.2, 0) is 5.54 Å². The molecule has 0 aliphatic rings. The Labute approximate surface area is 88.3 Å². The van der Waals surface area contributed by atoms with Gasteiger partial charge in [-0.25, -0.2) is 0 Å². The highest BCUT2D eigenvalue weighted by Crippen LogP contribution is 2.27. The maximum absolute atomic E-state index is 10.9. The van der Waals surface area contributed by atoms with E-state index in [1.54, 1.807) is 38.1 Å². The van der Waals surface area contributed by atoms with E-state index in [-0.39, 0.29) is 4.92 Å². The minimum atomic E-state index is -1.06. The van der Waals surface area contributed by atoms with Crippen LogP contribution in [0, 0.1) is 21.4 Å². The Kier molecular flexibility index (Phi) is 3.05. The quantitative estimate of drug-likeness (QED) is 0.561. The summed E-state index contributed by atoms with van der Waals surface area (Å²) in [5, 5.41) is 19.6. The monoisotopic (exact) mass is 204 g/mol. The van der Waals surface area contributed by atoms with Gasteiger partial charge < -0.3 is 0 Å². The van der Waals surface area contributed by atoms with Gasteiger partial charge in [0.2, 0.25) is 5.54 Å². The molecule has 1 aromatic carbocycles. The molecule has 0 spiro atoms. The van der Waals surface area contributed by atoms with Crippen LogP contribution in [0.15, 0.2) is 24.3 Å². The molecule has 0 aliphatic carbocycles. The lowest BCUT2D eigenvalue weighted by molar-refractivity contribution is -0.575. The molecule has 0 saturated heterocycles. The summed E-state index contributed by atoms with van der Waals surface area (Å²) in [4.78, 5) is 10.7. The summed E-state index contributed by atoms with van der Waals surface area (Å²) in [5.74, 6) is 0. The van der Waals surface area contributed by atoms with Crippen LogP contribution < -0.4 is 0 Å². The molecule has 0 fully saturated rings. The van der Waals surface area contributed by atoms with Crippen LogP contribution in [0.25, 0.3) is 0 Å². The number of benzene rings is 1. The van der Waals surface area contributed by atoms with E-state index >= 15 is 0 Å². The summed E-state index contributed by atoms with van der Waals surface area (Å²) < 4.78 is 0. The number of nitro groups is 1. The minimum Gasteiger partial charge on any atom is -0.264 e. The van der Waals surface area contributed by atoms with Gasteiger partial charge in [-0.2, -0.15) is 5.26 Å². The normalized spacial score (nSPS) is 13.9. The van der Waals surface area contributed by atoms with Crippen LogP contribution in [-0.4, -0.2) is 4.92 Å². The van der Waals surface area contributed by atoms with Crippen LogP contribution in [0.3, 0.4) is 0 Å². The van der Waals surface area contributed by atoms with Crippen molar-refractivity contribution in [2.45, 2.75) is 25.8 Å². The summed E-state index contributed by atoms with van der Waals surface area (Å²) in [7, 11) is 0. The highest BCUT2D eigenvalue weighted by molar-refractivity contribution is 5.33. The first-order chi connectivity index (χ1) is 7.04. The van der Waals surface area contributed by atoms with Crippen molar-refractivity contribution in [2.75, 3.05) is 0 Å². The fourth-order valence-electron chi connectivity index (χ4n) is 1.34. The number of hydrogen-bond donors (Lipinski definition) is 0. The smallest absolute Gasteiger partial charge is 0.244 e. The maximum atomic E-state index is 10.9. The zero-order valence-corrected chi connectivity index (χ0v) is 8.73. The molecule has 0 saturated carbocycles. The third-order valence-electron chi connectivity index (χ3n) is 2.73. The Morgan fingerprint density at radius 3 is 2.33 bits per heavy atom. The molecule has 4 nitrogen and oxygen atoms in total. The summed E-state index contributed by atoms with van der Waals surface area (Å²) >= 11 is 0. The van der Waals surface area contributed by atoms with Crippen molar-refractivity contribution >= 4 is 0 Å². The van der Waals surface area contributed by atoms with Crippen molar-refractivity contribution in [1.82, 2.24) is 0 Å². The fourth-order valence-corrected chi connectivity index (χ4v) is 1.34. The summed E-state index contributed by atoms with van der Waals surface area (Å²) in [6.45, 7) is 3.37. The van der Waals surface area contributed by atoms with Crippen molar-refractivity contribution in [2.24, 2.45) is 0 Å². The molecule has 0 amide bonds. The van der Waals surface area contributed by atoms with Gasteiger partial charge >= 0.3 is 0 Å². The van der Waals surface area contributed by atoms with Gasteiger partial charge in [0.25, 0.3) is 0 Å². The van der Waals surface area contributed by atoms with E-state index in [1.807, 2.05) is 6.07 Å². The zero-order valence-electron chi connectivity index (χ0n) is 8.73. The highest BCUT2D eigenvalue weighted by atomic mass is 16.6. The molecule has 0 aromatic heterocycles. The van der Waals surface area contributed by atoms with Crippen LogP contribution >= 0.6 is 0 Å². The summed E-state index contributed by atoms with van der Waals surface area (Å²) in [5.41, 5.74) is 0.0862. The van der Waals surface area contributed by atoms with E-state index in [4.69, 9.17) is 5.26 Å². The van der Waals surface area contributed by atoms with Gasteiger partial charge in [0.05, 0.1) is 11.6 Å². The van der Waals surface area contributed by atoms with Crippen molar-refractivity contribution in [3.05, 3.63) is 45.5 Å². The number of nitrogens with zero attached hydrogens (tertiary/aromatic N) is 2. The van der Waals surface area contributed by atoms with Crippen LogP contribution in [0.2, 0.25) is 0 Å². The molecule has 0 bridgehead atoms. The first kappa shape index (κ1) is 11.2. The molecule has 0 aliphatic heterocycles. The van der Waals surface area contributed by atoms with Crippen LogP contribution in [0.4, 0.5) is 0 Å². The molecule has 4 heteroatoms. The molecule has 1 atom stereocenters. The molecule has 0 N–H and O–H groups in total. The van der Waals surface area contributed by atoms with E-state index in [1.165, 1.54) is 0 Å². The molecule has 1 aromatic rings. The van der Waals surface area contributed by atoms with Crippen LogP contribution in [0.1, 0.15) is 31.4 Å². The molecule has 0 unspecified atom stereocenters. The lowest BCUT2D eigenvalue weighted by Crippen LogP contribution is -2.30. The van der Waals surface area contributed by atoms with Gasteiger partial charge in [0, 0.05) is 23.8 Å². The second-order valence-electron chi connectivity index (χ2n) is 3.57. The maximum Gasteiger partial charge on any atom is 0.244 e. The van der Waals surface area contributed by atoms with Crippen LogP contribution in [0.5, 0.6) is 0 Å². The second-order valence-corrected chi connectivity index (χ2v) is 3.57. The number of nitriles is 1. The Balaban J connectivity index is 3.15. The lowest BCUT2D eigenvalue weighted by atomic mass is 9.90. The molecule has 78 valence electrons. The summed E-state index contributed by atoms with van der Waals surface area (Å²) in [6, 6.07) is 8.48. The van der Waals surface area contributed by atoms with Crippen molar-refractivity contribution in [3.63, 3.8) is 0 Å². The van der Waals surface area contributed by atoms with Gasteiger partial charge in [-0.05, 0) is 12.1 Å². The zero-order chi connectivity index (χ0) is 11.5. The topological polar surface area (TPSA) is 66.9 Å². The molecule has 0 heterocycles. The van der Waals surface area contributed by atoms with Gasteiger partial charge in [0.15, 0.2) is 0 Å². The standard InChI is InChI=1S/C11H12N2O2/c1-3-11(2,13(14)15)10-6-4-9(8-12)5-7-10/h4-7H,3H2,1-2H3/t11-/m1/s1.